The van der Waals surface area contributed by atoms with Crippen LogP contribution >= 0.6 is 22.9 Å². The van der Waals surface area contributed by atoms with E-state index in [1.54, 1.807) is 0 Å². The molecular weight excluding hydrogens is 242 g/mol. The third-order valence-corrected chi connectivity index (χ3v) is 4.16. The van der Waals surface area contributed by atoms with Crippen LogP contribution in [0.3, 0.4) is 0 Å². The molecule has 1 saturated heterocycles. The van der Waals surface area contributed by atoms with Gasteiger partial charge in [-0.25, -0.2) is 0 Å². The first kappa shape index (κ1) is 12.1. The minimum Gasteiger partial charge on any atom is -0.307 e. The molecule has 1 aliphatic rings. The highest BCUT2D eigenvalue weighted by Crippen LogP contribution is 2.22. The van der Waals surface area contributed by atoms with Gasteiger partial charge in [0.25, 0.3) is 0 Å². The van der Waals surface area contributed by atoms with Crippen molar-refractivity contribution in [2.24, 2.45) is 0 Å². The Labute approximate surface area is 105 Å². The van der Waals surface area contributed by atoms with E-state index in [0.717, 1.165) is 28.6 Å². The van der Waals surface area contributed by atoms with Gasteiger partial charge in [-0.1, -0.05) is 24.4 Å². The number of ketones is 1. The predicted octanol–water partition coefficient (Wildman–Crippen LogP) is 3.05. The maximum atomic E-state index is 12.0. The van der Waals surface area contributed by atoms with Crippen LogP contribution in [0.1, 0.15) is 30.6 Å². The van der Waals surface area contributed by atoms with Crippen LogP contribution in [0.2, 0.25) is 4.34 Å². The van der Waals surface area contributed by atoms with Gasteiger partial charge in [0.15, 0.2) is 5.78 Å². The van der Waals surface area contributed by atoms with E-state index in [1.165, 1.54) is 24.2 Å². The standard InChI is InChI=1S/C12H16ClNOS/c13-12-6-5-9(16-12)8-11(15)10-4-2-1-3-7-14-10/h5-6,10,14H,1-4,7-8H2. The molecule has 1 aromatic rings. The molecule has 0 radical (unpaired) electrons. The first-order chi connectivity index (χ1) is 7.75. The van der Waals surface area contributed by atoms with Gasteiger partial charge in [0.05, 0.1) is 10.4 Å². The molecule has 1 fully saturated rings. The number of halogens is 1. The Hall–Kier alpha value is -0.380. The molecule has 1 atom stereocenters. The highest BCUT2D eigenvalue weighted by atomic mass is 35.5. The largest absolute Gasteiger partial charge is 0.307 e. The van der Waals surface area contributed by atoms with Crippen molar-refractivity contribution in [1.82, 2.24) is 5.32 Å². The number of carbonyl (C=O) groups excluding carboxylic acids is 1. The highest BCUT2D eigenvalue weighted by Gasteiger charge is 2.19. The number of thiophene rings is 1. The minimum atomic E-state index is 0.0587. The SMILES string of the molecule is O=C(Cc1ccc(Cl)s1)C1CCCCCN1. The summed E-state index contributed by atoms with van der Waals surface area (Å²) in [7, 11) is 0. The Kier molecular flexibility index (Phi) is 4.38. The lowest BCUT2D eigenvalue weighted by atomic mass is 10.0. The lowest BCUT2D eigenvalue weighted by Gasteiger charge is -2.13. The molecule has 2 nitrogen and oxygen atoms in total. The number of carbonyl (C=O) groups is 1. The first-order valence-electron chi connectivity index (χ1n) is 5.76. The third kappa shape index (κ3) is 3.30. The van der Waals surface area contributed by atoms with Crippen LogP contribution in [-0.2, 0) is 11.2 Å². The van der Waals surface area contributed by atoms with E-state index in [4.69, 9.17) is 11.6 Å². The maximum Gasteiger partial charge on any atom is 0.154 e. The summed E-state index contributed by atoms with van der Waals surface area (Å²) in [5.41, 5.74) is 0. The zero-order valence-electron chi connectivity index (χ0n) is 9.17. The second-order valence-electron chi connectivity index (χ2n) is 4.20. The summed E-state index contributed by atoms with van der Waals surface area (Å²) in [5.74, 6) is 0.306. The van der Waals surface area contributed by atoms with Gasteiger partial charge in [-0.3, -0.25) is 4.79 Å². The van der Waals surface area contributed by atoms with Crippen molar-refractivity contribution in [2.45, 2.75) is 38.1 Å². The predicted molar refractivity (Wildman–Crippen MR) is 68.3 cm³/mol. The van der Waals surface area contributed by atoms with Crippen LogP contribution in [0.25, 0.3) is 0 Å². The summed E-state index contributed by atoms with van der Waals surface area (Å²) in [6, 6.07) is 3.86. The molecule has 0 aliphatic carbocycles. The molecule has 1 aromatic heterocycles. The van der Waals surface area contributed by atoms with Gasteiger partial charge in [-0.2, -0.15) is 0 Å². The molecule has 2 rings (SSSR count). The molecule has 0 spiro atoms. The van der Waals surface area contributed by atoms with E-state index in [9.17, 15) is 4.79 Å². The second kappa shape index (κ2) is 5.80. The fourth-order valence-electron chi connectivity index (χ4n) is 2.05. The van der Waals surface area contributed by atoms with E-state index < -0.39 is 0 Å². The molecule has 1 N–H and O–H groups in total. The summed E-state index contributed by atoms with van der Waals surface area (Å²) in [6.45, 7) is 0.974. The second-order valence-corrected chi connectivity index (χ2v) is 6.00. The Bertz CT molecular complexity index is 356. The van der Waals surface area contributed by atoms with E-state index in [-0.39, 0.29) is 6.04 Å². The molecule has 4 heteroatoms. The number of Topliss-reactive ketones (excluding diaryl/α,β-unsaturated/α-hetero) is 1. The summed E-state index contributed by atoms with van der Waals surface area (Å²) in [6.07, 6.45) is 5.10. The molecule has 0 amide bonds. The van der Waals surface area contributed by atoms with Gasteiger partial charge < -0.3 is 5.32 Å². The Morgan fingerprint density at radius 1 is 1.44 bits per heavy atom. The quantitative estimate of drug-likeness (QED) is 0.902. The van der Waals surface area contributed by atoms with Crippen LogP contribution < -0.4 is 5.32 Å². The molecule has 1 aliphatic heterocycles. The lowest BCUT2D eigenvalue weighted by molar-refractivity contribution is -0.120. The van der Waals surface area contributed by atoms with E-state index in [0.29, 0.717) is 12.2 Å². The molecule has 88 valence electrons. The minimum absolute atomic E-state index is 0.0587. The van der Waals surface area contributed by atoms with Crippen LogP contribution in [0.15, 0.2) is 12.1 Å². The van der Waals surface area contributed by atoms with E-state index >= 15 is 0 Å². The first-order valence-corrected chi connectivity index (χ1v) is 6.95. The fourth-order valence-corrected chi connectivity index (χ4v) is 3.14. The van der Waals surface area contributed by atoms with Crippen LogP contribution in [-0.4, -0.2) is 18.4 Å². The summed E-state index contributed by atoms with van der Waals surface area (Å²) < 4.78 is 0.761. The van der Waals surface area contributed by atoms with Crippen molar-refractivity contribution >= 4 is 28.7 Å². The maximum absolute atomic E-state index is 12.0. The van der Waals surface area contributed by atoms with Crippen LogP contribution in [0.4, 0.5) is 0 Å². The van der Waals surface area contributed by atoms with Crippen molar-refractivity contribution < 1.29 is 4.79 Å². The summed E-state index contributed by atoms with van der Waals surface area (Å²) >= 11 is 7.35. The van der Waals surface area contributed by atoms with Gasteiger partial charge in [-0.05, 0) is 31.5 Å². The number of hydrogen-bond acceptors (Lipinski definition) is 3. The monoisotopic (exact) mass is 257 g/mol. The summed E-state index contributed by atoms with van der Waals surface area (Å²) in [5, 5.41) is 3.33. The van der Waals surface area contributed by atoms with Crippen molar-refractivity contribution in [3.8, 4) is 0 Å². The Morgan fingerprint density at radius 3 is 3.06 bits per heavy atom. The number of rotatable bonds is 3. The van der Waals surface area contributed by atoms with Crippen molar-refractivity contribution in [2.75, 3.05) is 6.54 Å². The molecule has 16 heavy (non-hydrogen) atoms. The van der Waals surface area contributed by atoms with Crippen molar-refractivity contribution in [1.29, 1.82) is 0 Å². The van der Waals surface area contributed by atoms with Crippen LogP contribution in [0.5, 0.6) is 0 Å². The van der Waals surface area contributed by atoms with Crippen molar-refractivity contribution in [3.05, 3.63) is 21.3 Å². The van der Waals surface area contributed by atoms with Crippen molar-refractivity contribution in [3.63, 3.8) is 0 Å². The van der Waals surface area contributed by atoms with Gasteiger partial charge in [0.1, 0.15) is 0 Å². The average molecular weight is 258 g/mol. The van der Waals surface area contributed by atoms with Crippen LogP contribution in [0, 0.1) is 0 Å². The van der Waals surface area contributed by atoms with Gasteiger partial charge >= 0.3 is 0 Å². The number of hydrogen-bond donors (Lipinski definition) is 1. The molecule has 0 saturated carbocycles. The molecule has 1 unspecified atom stereocenters. The molecular formula is C12H16ClNOS. The topological polar surface area (TPSA) is 29.1 Å². The van der Waals surface area contributed by atoms with E-state index in [2.05, 4.69) is 5.32 Å². The van der Waals surface area contributed by atoms with Gasteiger partial charge in [0, 0.05) is 11.3 Å². The molecule has 0 aromatic carbocycles. The number of nitrogens with one attached hydrogen (secondary N) is 1. The molecule has 2 heterocycles. The zero-order valence-corrected chi connectivity index (χ0v) is 10.7. The molecule has 0 bridgehead atoms. The normalized spacial score (nSPS) is 21.7. The fraction of sp³-hybridized carbons (Fsp3) is 0.583. The Morgan fingerprint density at radius 2 is 2.31 bits per heavy atom. The van der Waals surface area contributed by atoms with E-state index in [1.807, 2.05) is 12.1 Å². The lowest BCUT2D eigenvalue weighted by Crippen LogP contribution is -2.36. The smallest absolute Gasteiger partial charge is 0.154 e. The van der Waals surface area contributed by atoms with Gasteiger partial charge in [-0.15, -0.1) is 11.3 Å². The third-order valence-electron chi connectivity index (χ3n) is 2.93. The zero-order chi connectivity index (χ0) is 11.4. The average Bonchev–Trinajstić information content (AvgIpc) is 2.56. The summed E-state index contributed by atoms with van der Waals surface area (Å²) in [4.78, 5) is 13.1. The highest BCUT2D eigenvalue weighted by molar-refractivity contribution is 7.16. The Balaban J connectivity index is 1.91. The van der Waals surface area contributed by atoms with Gasteiger partial charge in [0.2, 0.25) is 0 Å².